The zero-order valence-corrected chi connectivity index (χ0v) is 5.15. The van der Waals surface area contributed by atoms with E-state index < -0.39 is 0 Å². The number of hydrogen-bond acceptors (Lipinski definition) is 2. The van der Waals surface area contributed by atoms with Gasteiger partial charge in [0.25, 0.3) is 0 Å². The fourth-order valence-electron chi connectivity index (χ4n) is 0.776. The molecule has 0 saturated carbocycles. The summed E-state index contributed by atoms with van der Waals surface area (Å²) < 4.78 is 0. The van der Waals surface area contributed by atoms with Gasteiger partial charge in [0.15, 0.2) is 0 Å². The first-order valence-electron chi connectivity index (χ1n) is 2.93. The van der Waals surface area contributed by atoms with Crippen molar-refractivity contribution in [1.29, 1.82) is 0 Å². The minimum atomic E-state index is 0.193. The maximum Gasteiger partial charge on any atom is 0.0584 e. The Balaban J connectivity index is 2.42. The smallest absolute Gasteiger partial charge is 0.0584 e. The van der Waals surface area contributed by atoms with E-state index in [-0.39, 0.29) is 6.17 Å². The van der Waals surface area contributed by atoms with Crippen molar-refractivity contribution in [3.05, 3.63) is 11.6 Å². The first-order valence-corrected chi connectivity index (χ1v) is 2.93. The predicted octanol–water partition coefficient (Wildman–Crippen LogP) is 0.211. The molecular formula is C6H12N2. The van der Waals surface area contributed by atoms with Gasteiger partial charge in [0.1, 0.15) is 0 Å². The van der Waals surface area contributed by atoms with Crippen LogP contribution >= 0.6 is 0 Å². The highest BCUT2D eigenvalue weighted by atomic mass is 15.0. The molecule has 2 nitrogen and oxygen atoms in total. The fourth-order valence-corrected chi connectivity index (χ4v) is 0.776. The summed E-state index contributed by atoms with van der Waals surface area (Å²) in [7, 11) is 0. The molecule has 0 saturated heterocycles. The first kappa shape index (κ1) is 5.79. The van der Waals surface area contributed by atoms with Crippen LogP contribution in [-0.4, -0.2) is 12.7 Å². The maximum absolute atomic E-state index is 5.54. The average molecular weight is 112 g/mol. The van der Waals surface area contributed by atoms with Crippen molar-refractivity contribution >= 4 is 0 Å². The van der Waals surface area contributed by atoms with E-state index in [0.29, 0.717) is 0 Å². The number of nitrogens with two attached hydrogens (primary N) is 1. The van der Waals surface area contributed by atoms with E-state index in [2.05, 4.69) is 18.3 Å². The van der Waals surface area contributed by atoms with Crippen LogP contribution in [0.15, 0.2) is 11.6 Å². The van der Waals surface area contributed by atoms with Crippen LogP contribution in [-0.2, 0) is 0 Å². The van der Waals surface area contributed by atoms with Crippen molar-refractivity contribution in [2.75, 3.05) is 6.54 Å². The third kappa shape index (κ3) is 1.32. The molecule has 0 aliphatic carbocycles. The minimum Gasteiger partial charge on any atom is -0.316 e. The number of hydrogen-bond donors (Lipinski definition) is 2. The highest BCUT2D eigenvalue weighted by molar-refractivity contribution is 5.05. The number of rotatable bonds is 0. The monoisotopic (exact) mass is 112 g/mol. The molecule has 1 heterocycles. The Hall–Kier alpha value is -0.340. The van der Waals surface area contributed by atoms with Gasteiger partial charge in [0, 0.05) is 6.54 Å². The minimum absolute atomic E-state index is 0.193. The lowest BCUT2D eigenvalue weighted by Crippen LogP contribution is -2.40. The first-order chi connectivity index (χ1) is 3.79. The van der Waals surface area contributed by atoms with Gasteiger partial charge >= 0.3 is 0 Å². The second-order valence-electron chi connectivity index (χ2n) is 2.27. The van der Waals surface area contributed by atoms with Crippen molar-refractivity contribution in [2.45, 2.75) is 19.5 Å². The van der Waals surface area contributed by atoms with Crippen molar-refractivity contribution in [3.8, 4) is 0 Å². The average Bonchev–Trinajstić information content (AvgIpc) is 1.77. The van der Waals surface area contributed by atoms with E-state index in [1.807, 2.05) is 0 Å². The Morgan fingerprint density at radius 3 is 3.00 bits per heavy atom. The van der Waals surface area contributed by atoms with Gasteiger partial charge in [-0.05, 0) is 13.3 Å². The van der Waals surface area contributed by atoms with Crippen LogP contribution in [0.5, 0.6) is 0 Å². The van der Waals surface area contributed by atoms with E-state index in [1.54, 1.807) is 0 Å². The normalized spacial score (nSPS) is 29.8. The topological polar surface area (TPSA) is 38.0 Å². The van der Waals surface area contributed by atoms with E-state index in [1.165, 1.54) is 5.57 Å². The summed E-state index contributed by atoms with van der Waals surface area (Å²) in [6.07, 6.45) is 3.35. The standard InChI is InChI=1S/C6H12N2/c1-5-2-3-6(7)8-4-5/h2,6,8H,3-4,7H2,1H3. The van der Waals surface area contributed by atoms with Crippen molar-refractivity contribution in [3.63, 3.8) is 0 Å². The molecule has 0 bridgehead atoms. The zero-order chi connectivity index (χ0) is 5.98. The van der Waals surface area contributed by atoms with Crippen LogP contribution in [0.3, 0.4) is 0 Å². The molecule has 0 radical (unpaired) electrons. The van der Waals surface area contributed by atoms with Crippen LogP contribution < -0.4 is 11.1 Å². The van der Waals surface area contributed by atoms with Crippen LogP contribution in [0.2, 0.25) is 0 Å². The molecule has 1 unspecified atom stereocenters. The Morgan fingerprint density at radius 1 is 1.88 bits per heavy atom. The van der Waals surface area contributed by atoms with Gasteiger partial charge in [-0.1, -0.05) is 11.6 Å². The van der Waals surface area contributed by atoms with E-state index in [0.717, 1.165) is 13.0 Å². The Morgan fingerprint density at radius 2 is 2.62 bits per heavy atom. The third-order valence-electron chi connectivity index (χ3n) is 1.36. The second kappa shape index (κ2) is 2.29. The molecule has 46 valence electrons. The molecule has 0 aromatic heterocycles. The Kier molecular flexibility index (Phi) is 1.65. The largest absolute Gasteiger partial charge is 0.316 e. The summed E-state index contributed by atoms with van der Waals surface area (Å²) >= 11 is 0. The highest BCUT2D eigenvalue weighted by Crippen LogP contribution is 2.00. The van der Waals surface area contributed by atoms with Crippen molar-refractivity contribution < 1.29 is 0 Å². The van der Waals surface area contributed by atoms with Crippen molar-refractivity contribution in [1.82, 2.24) is 5.32 Å². The lowest BCUT2D eigenvalue weighted by molar-refractivity contribution is 0.534. The zero-order valence-electron chi connectivity index (χ0n) is 5.15. The Labute approximate surface area is 49.8 Å². The lowest BCUT2D eigenvalue weighted by atomic mass is 10.1. The summed E-state index contributed by atoms with van der Waals surface area (Å²) in [5.74, 6) is 0. The predicted molar refractivity (Wildman–Crippen MR) is 34.4 cm³/mol. The fraction of sp³-hybridized carbons (Fsp3) is 0.667. The van der Waals surface area contributed by atoms with Gasteiger partial charge in [-0.25, -0.2) is 0 Å². The molecule has 3 N–H and O–H groups in total. The molecule has 0 aromatic rings. The molecule has 1 aliphatic heterocycles. The van der Waals surface area contributed by atoms with Gasteiger partial charge < -0.3 is 5.73 Å². The number of nitrogens with one attached hydrogen (secondary N) is 1. The molecule has 1 aliphatic rings. The maximum atomic E-state index is 5.54. The molecule has 0 fully saturated rings. The van der Waals surface area contributed by atoms with E-state index >= 15 is 0 Å². The molecule has 1 atom stereocenters. The molecule has 0 aromatic carbocycles. The van der Waals surface area contributed by atoms with Crippen molar-refractivity contribution in [2.24, 2.45) is 5.73 Å². The quantitative estimate of drug-likeness (QED) is 0.440. The SMILES string of the molecule is CC1=CCC(N)NC1. The summed E-state index contributed by atoms with van der Waals surface area (Å²) in [5.41, 5.74) is 6.94. The Bertz CT molecular complexity index is 107. The molecule has 2 heteroatoms. The summed E-state index contributed by atoms with van der Waals surface area (Å²) in [6, 6.07) is 0. The molecule has 0 spiro atoms. The van der Waals surface area contributed by atoms with Crippen LogP contribution in [0.25, 0.3) is 0 Å². The van der Waals surface area contributed by atoms with Crippen LogP contribution in [0.1, 0.15) is 13.3 Å². The summed E-state index contributed by atoms with van der Waals surface area (Å²) in [5, 5.41) is 3.14. The molecule has 1 rings (SSSR count). The van der Waals surface area contributed by atoms with Crippen LogP contribution in [0, 0.1) is 0 Å². The lowest BCUT2D eigenvalue weighted by Gasteiger charge is -2.17. The summed E-state index contributed by atoms with van der Waals surface area (Å²) in [6.45, 7) is 3.07. The molecule has 8 heavy (non-hydrogen) atoms. The second-order valence-corrected chi connectivity index (χ2v) is 2.27. The van der Waals surface area contributed by atoms with Gasteiger partial charge in [0.2, 0.25) is 0 Å². The molecule has 0 amide bonds. The van der Waals surface area contributed by atoms with Gasteiger partial charge in [0.05, 0.1) is 6.17 Å². The van der Waals surface area contributed by atoms with Gasteiger partial charge in [-0.3, -0.25) is 5.32 Å². The molecular weight excluding hydrogens is 100 g/mol. The van der Waals surface area contributed by atoms with E-state index in [4.69, 9.17) is 5.73 Å². The van der Waals surface area contributed by atoms with E-state index in [9.17, 15) is 0 Å². The van der Waals surface area contributed by atoms with Gasteiger partial charge in [-0.2, -0.15) is 0 Å². The van der Waals surface area contributed by atoms with Gasteiger partial charge in [-0.15, -0.1) is 0 Å². The van der Waals surface area contributed by atoms with Crippen LogP contribution in [0.4, 0.5) is 0 Å². The summed E-state index contributed by atoms with van der Waals surface area (Å²) in [4.78, 5) is 0. The highest BCUT2D eigenvalue weighted by Gasteiger charge is 2.03. The third-order valence-corrected chi connectivity index (χ3v) is 1.36.